The Morgan fingerprint density at radius 2 is 1.89 bits per heavy atom. The molecular weight excluding hydrogens is 466 g/mol. The van der Waals surface area contributed by atoms with Gasteiger partial charge in [-0.3, -0.25) is 28.6 Å². The zero-order chi connectivity index (χ0) is 24.7. The molecule has 5 rings (SSSR count). The normalized spacial score (nSPS) is 11.4. The largest absolute Gasteiger partial charge is 0.332 e. The summed E-state index contributed by atoms with van der Waals surface area (Å²) in [6, 6.07) is 11.6. The number of carbonyl (C=O) groups excluding carboxylic acids is 1. The second-order valence-electron chi connectivity index (χ2n) is 8.17. The number of pyridine rings is 1. The summed E-state index contributed by atoms with van der Waals surface area (Å²) in [5.74, 6) is -0.275. The van der Waals surface area contributed by atoms with Crippen LogP contribution in [0.25, 0.3) is 21.4 Å². The van der Waals surface area contributed by atoms with Gasteiger partial charge in [0.2, 0.25) is 5.91 Å². The molecule has 4 heterocycles. The average Bonchev–Trinajstić information content (AvgIpc) is 3.49. The Hall–Kier alpha value is -4.12. The van der Waals surface area contributed by atoms with E-state index in [9.17, 15) is 14.4 Å². The van der Waals surface area contributed by atoms with Gasteiger partial charge in [0.05, 0.1) is 28.8 Å². The van der Waals surface area contributed by atoms with Gasteiger partial charge in [0.25, 0.3) is 5.56 Å². The van der Waals surface area contributed by atoms with E-state index >= 15 is 0 Å². The molecule has 0 bridgehead atoms. The van der Waals surface area contributed by atoms with E-state index in [1.807, 2.05) is 36.4 Å². The highest BCUT2D eigenvalue weighted by molar-refractivity contribution is 7.22. The number of aromatic nitrogens is 6. The highest BCUT2D eigenvalue weighted by atomic mass is 32.1. The van der Waals surface area contributed by atoms with E-state index in [0.717, 1.165) is 26.8 Å². The van der Waals surface area contributed by atoms with E-state index in [1.54, 1.807) is 18.1 Å². The molecule has 0 spiro atoms. The molecule has 4 aromatic heterocycles. The van der Waals surface area contributed by atoms with Gasteiger partial charge in [-0.25, -0.2) is 14.8 Å². The van der Waals surface area contributed by atoms with Crippen LogP contribution in [-0.4, -0.2) is 34.6 Å². The van der Waals surface area contributed by atoms with E-state index in [0.29, 0.717) is 10.8 Å². The lowest BCUT2D eigenvalue weighted by Crippen LogP contribution is -2.38. The van der Waals surface area contributed by atoms with Crippen molar-refractivity contribution < 1.29 is 4.79 Å². The Morgan fingerprint density at radius 1 is 1.06 bits per heavy atom. The number of hydrogen-bond donors (Lipinski definition) is 0. The molecule has 0 saturated heterocycles. The van der Waals surface area contributed by atoms with E-state index in [4.69, 9.17) is 4.98 Å². The molecule has 0 aliphatic rings. The summed E-state index contributed by atoms with van der Waals surface area (Å²) in [6.45, 7) is 2.15. The number of anilines is 1. The second kappa shape index (κ2) is 8.91. The number of carbonyl (C=O) groups is 1. The van der Waals surface area contributed by atoms with Crippen LogP contribution in [0.1, 0.15) is 18.2 Å². The van der Waals surface area contributed by atoms with Crippen molar-refractivity contribution in [3.63, 3.8) is 0 Å². The predicted octanol–water partition coefficient (Wildman–Crippen LogP) is 2.23. The number of amides is 1. The first-order valence-electron chi connectivity index (χ1n) is 11.1. The van der Waals surface area contributed by atoms with Crippen molar-refractivity contribution in [2.24, 2.45) is 14.1 Å². The Kier molecular flexibility index (Phi) is 5.77. The van der Waals surface area contributed by atoms with Crippen molar-refractivity contribution in [2.45, 2.75) is 26.4 Å². The van der Waals surface area contributed by atoms with Crippen LogP contribution in [-0.2, 0) is 38.4 Å². The summed E-state index contributed by atoms with van der Waals surface area (Å²) in [6.07, 6.45) is 3.92. The molecule has 1 aromatic carbocycles. The minimum Gasteiger partial charge on any atom is -0.315 e. The Balaban J connectivity index is 1.58. The number of rotatable bonds is 6. The lowest BCUT2D eigenvalue weighted by atomic mass is 10.1. The summed E-state index contributed by atoms with van der Waals surface area (Å²) in [5.41, 5.74) is 2.15. The highest BCUT2D eigenvalue weighted by Crippen LogP contribution is 2.32. The first-order chi connectivity index (χ1) is 16.9. The summed E-state index contributed by atoms with van der Waals surface area (Å²) in [4.78, 5) is 53.8. The van der Waals surface area contributed by atoms with E-state index in [1.165, 1.54) is 33.8 Å². The first-order valence-corrected chi connectivity index (χ1v) is 11.9. The first kappa shape index (κ1) is 22.7. The van der Waals surface area contributed by atoms with Gasteiger partial charge in [-0.15, -0.1) is 0 Å². The molecule has 0 radical (unpaired) electrons. The van der Waals surface area contributed by atoms with Gasteiger partial charge < -0.3 is 4.57 Å². The molecule has 0 aliphatic carbocycles. The topological polar surface area (TPSA) is 108 Å². The van der Waals surface area contributed by atoms with Crippen molar-refractivity contribution in [1.29, 1.82) is 0 Å². The maximum absolute atomic E-state index is 13.7. The van der Waals surface area contributed by atoms with Crippen LogP contribution in [0.2, 0.25) is 0 Å². The number of imidazole rings is 1. The number of hydrogen-bond acceptors (Lipinski definition) is 7. The van der Waals surface area contributed by atoms with Crippen LogP contribution in [0.4, 0.5) is 5.13 Å². The molecule has 0 fully saturated rings. The standard InChI is InChI=1S/C24H23N7O3S/c1-4-15-8-7-10-17-19(15)27-23(35-17)31(12-16-9-5-6-11-25-16)18(32)13-30-14-26-21-20(30)22(33)29(3)24(34)28(21)2/h5-11,14H,4,12-13H2,1-3H3. The number of nitrogens with zero attached hydrogens (tertiary/aromatic N) is 7. The molecular formula is C24H23N7O3S. The number of para-hydroxylation sites is 1. The molecule has 0 N–H and O–H groups in total. The summed E-state index contributed by atoms with van der Waals surface area (Å²) >= 11 is 1.44. The minimum atomic E-state index is -0.503. The molecule has 10 nitrogen and oxygen atoms in total. The van der Waals surface area contributed by atoms with E-state index < -0.39 is 11.2 Å². The lowest BCUT2D eigenvalue weighted by molar-refractivity contribution is -0.119. The molecule has 5 aromatic rings. The molecule has 1 amide bonds. The van der Waals surface area contributed by atoms with Crippen molar-refractivity contribution in [1.82, 2.24) is 28.7 Å². The maximum Gasteiger partial charge on any atom is 0.332 e. The Bertz CT molecular complexity index is 1680. The Morgan fingerprint density at radius 3 is 2.63 bits per heavy atom. The van der Waals surface area contributed by atoms with Gasteiger partial charge in [-0.2, -0.15) is 0 Å². The number of fused-ring (bicyclic) bond motifs is 2. The quantitative estimate of drug-likeness (QED) is 0.362. The fraction of sp³-hybridized carbons (Fsp3) is 0.250. The molecule has 11 heteroatoms. The predicted molar refractivity (Wildman–Crippen MR) is 135 cm³/mol. The van der Waals surface area contributed by atoms with Crippen LogP contribution < -0.4 is 16.1 Å². The van der Waals surface area contributed by atoms with Gasteiger partial charge in [0.15, 0.2) is 16.3 Å². The van der Waals surface area contributed by atoms with Crippen LogP contribution in [0.5, 0.6) is 0 Å². The van der Waals surface area contributed by atoms with Crippen LogP contribution >= 0.6 is 11.3 Å². The minimum absolute atomic E-state index is 0.145. The third kappa shape index (κ3) is 3.93. The van der Waals surface area contributed by atoms with Gasteiger partial charge in [-0.1, -0.05) is 36.5 Å². The maximum atomic E-state index is 13.7. The van der Waals surface area contributed by atoms with Gasteiger partial charge in [0, 0.05) is 20.3 Å². The van der Waals surface area contributed by atoms with Crippen molar-refractivity contribution in [3.05, 3.63) is 81.0 Å². The monoisotopic (exact) mass is 489 g/mol. The summed E-state index contributed by atoms with van der Waals surface area (Å²) in [7, 11) is 2.95. The van der Waals surface area contributed by atoms with Crippen LogP contribution in [0.15, 0.2) is 58.5 Å². The molecule has 0 unspecified atom stereocenters. The summed E-state index contributed by atoms with van der Waals surface area (Å²) in [5, 5.41) is 0.557. The Labute approximate surface area is 203 Å². The molecule has 178 valence electrons. The van der Waals surface area contributed by atoms with Gasteiger partial charge in [-0.05, 0) is 30.2 Å². The molecule has 35 heavy (non-hydrogen) atoms. The highest BCUT2D eigenvalue weighted by Gasteiger charge is 2.24. The van der Waals surface area contributed by atoms with Gasteiger partial charge in [0.1, 0.15) is 6.54 Å². The lowest BCUT2D eigenvalue weighted by Gasteiger charge is -2.20. The fourth-order valence-corrected chi connectivity index (χ4v) is 5.09. The zero-order valence-corrected chi connectivity index (χ0v) is 20.3. The molecule has 0 aliphatic heterocycles. The van der Waals surface area contributed by atoms with Crippen molar-refractivity contribution in [2.75, 3.05) is 4.90 Å². The van der Waals surface area contributed by atoms with Crippen LogP contribution in [0, 0.1) is 0 Å². The van der Waals surface area contributed by atoms with Crippen LogP contribution in [0.3, 0.4) is 0 Å². The smallest absolute Gasteiger partial charge is 0.315 e. The average molecular weight is 490 g/mol. The second-order valence-corrected chi connectivity index (χ2v) is 9.17. The SMILES string of the molecule is CCc1cccc2sc(N(Cc3ccccn3)C(=O)Cn3cnc4c3c(=O)n(C)c(=O)n4C)nc12. The molecule has 0 atom stereocenters. The van der Waals surface area contributed by atoms with Crippen molar-refractivity contribution >= 4 is 43.8 Å². The third-order valence-electron chi connectivity index (χ3n) is 5.97. The van der Waals surface area contributed by atoms with Gasteiger partial charge >= 0.3 is 5.69 Å². The summed E-state index contributed by atoms with van der Waals surface area (Å²) < 4.78 is 4.78. The zero-order valence-electron chi connectivity index (χ0n) is 19.5. The number of thiazole rings is 1. The fourth-order valence-electron chi connectivity index (χ4n) is 4.06. The van der Waals surface area contributed by atoms with E-state index in [-0.39, 0.29) is 30.2 Å². The third-order valence-corrected chi connectivity index (χ3v) is 7.02. The molecule has 0 saturated carbocycles. The van der Waals surface area contributed by atoms with E-state index in [2.05, 4.69) is 16.9 Å². The van der Waals surface area contributed by atoms with Crippen molar-refractivity contribution in [3.8, 4) is 0 Å². The number of benzene rings is 1. The number of aryl methyl sites for hydroxylation is 2.